The first kappa shape index (κ1) is 15.4. The monoisotopic (exact) mass is 328 g/mol. The molecule has 0 radical (unpaired) electrons. The molecule has 0 fully saturated rings. The molecule has 20 heavy (non-hydrogen) atoms. The standard InChI is InChI=1S/C13H16N2O2S3/c1-15(8-10-3-5-12(18-2)6-4-10)20(16,17)13-7-11(14)9-19-13/h3-7,9H,8,14H2,1-2H3. The highest BCUT2D eigenvalue weighted by Crippen LogP contribution is 2.25. The molecule has 4 nitrogen and oxygen atoms in total. The molecule has 0 amide bonds. The van der Waals surface area contributed by atoms with Gasteiger partial charge in [0.25, 0.3) is 10.0 Å². The molecule has 0 aliphatic rings. The average Bonchev–Trinajstić information content (AvgIpc) is 2.87. The lowest BCUT2D eigenvalue weighted by molar-refractivity contribution is 0.468. The maximum absolute atomic E-state index is 12.3. The van der Waals surface area contributed by atoms with Gasteiger partial charge in [-0.1, -0.05) is 12.1 Å². The summed E-state index contributed by atoms with van der Waals surface area (Å²) >= 11 is 2.80. The van der Waals surface area contributed by atoms with Crippen molar-refractivity contribution < 1.29 is 8.42 Å². The first-order valence-electron chi connectivity index (χ1n) is 5.87. The quantitative estimate of drug-likeness (QED) is 0.857. The Morgan fingerprint density at radius 1 is 1.30 bits per heavy atom. The molecule has 0 bridgehead atoms. The molecule has 2 aromatic rings. The lowest BCUT2D eigenvalue weighted by atomic mass is 10.2. The van der Waals surface area contributed by atoms with E-state index in [-0.39, 0.29) is 4.21 Å². The summed E-state index contributed by atoms with van der Waals surface area (Å²) in [6.07, 6.45) is 2.01. The third-order valence-corrected chi connectivity index (χ3v) is 6.80. The van der Waals surface area contributed by atoms with Crippen LogP contribution in [0.25, 0.3) is 0 Å². The number of hydrogen-bond donors (Lipinski definition) is 1. The summed E-state index contributed by atoms with van der Waals surface area (Å²) in [6.45, 7) is 0.342. The number of nitrogen functional groups attached to an aromatic ring is 1. The molecule has 0 atom stereocenters. The molecule has 7 heteroatoms. The van der Waals surface area contributed by atoms with Gasteiger partial charge in [0.05, 0.1) is 0 Å². The molecule has 1 aromatic heterocycles. The van der Waals surface area contributed by atoms with Crippen LogP contribution >= 0.6 is 23.1 Å². The van der Waals surface area contributed by atoms with Gasteiger partial charge in [-0.3, -0.25) is 0 Å². The van der Waals surface area contributed by atoms with Crippen molar-refractivity contribution in [3.8, 4) is 0 Å². The van der Waals surface area contributed by atoms with E-state index in [2.05, 4.69) is 0 Å². The third kappa shape index (κ3) is 3.35. The van der Waals surface area contributed by atoms with Crippen molar-refractivity contribution in [1.82, 2.24) is 4.31 Å². The Hall–Kier alpha value is -1.02. The van der Waals surface area contributed by atoms with Crippen LogP contribution in [0.15, 0.2) is 44.8 Å². The van der Waals surface area contributed by atoms with Gasteiger partial charge in [0, 0.05) is 29.6 Å². The van der Waals surface area contributed by atoms with E-state index in [0.29, 0.717) is 12.2 Å². The van der Waals surface area contributed by atoms with Gasteiger partial charge in [-0.25, -0.2) is 8.42 Å². The maximum Gasteiger partial charge on any atom is 0.252 e. The van der Waals surface area contributed by atoms with E-state index in [1.807, 2.05) is 30.5 Å². The van der Waals surface area contributed by atoms with Gasteiger partial charge in [-0.2, -0.15) is 4.31 Å². The number of sulfonamides is 1. The van der Waals surface area contributed by atoms with Gasteiger partial charge in [0.2, 0.25) is 0 Å². The second kappa shape index (κ2) is 6.17. The number of benzene rings is 1. The zero-order valence-electron chi connectivity index (χ0n) is 11.2. The SMILES string of the molecule is CSc1ccc(CN(C)S(=O)(=O)c2cc(N)cs2)cc1. The molecular formula is C13H16N2O2S3. The molecule has 1 aromatic carbocycles. The number of nitrogens with zero attached hydrogens (tertiary/aromatic N) is 1. The lowest BCUT2D eigenvalue weighted by Crippen LogP contribution is -2.25. The van der Waals surface area contributed by atoms with Gasteiger partial charge in [0.15, 0.2) is 0 Å². The minimum Gasteiger partial charge on any atom is -0.398 e. The number of thiophene rings is 1. The fourth-order valence-electron chi connectivity index (χ4n) is 1.69. The van der Waals surface area contributed by atoms with Crippen molar-refractivity contribution in [2.75, 3.05) is 19.0 Å². The van der Waals surface area contributed by atoms with Crippen LogP contribution in [-0.4, -0.2) is 26.0 Å². The van der Waals surface area contributed by atoms with E-state index in [1.54, 1.807) is 24.2 Å². The summed E-state index contributed by atoms with van der Waals surface area (Å²) in [5.74, 6) is 0. The summed E-state index contributed by atoms with van der Waals surface area (Å²) in [5, 5.41) is 1.63. The van der Waals surface area contributed by atoms with Gasteiger partial charge in [-0.15, -0.1) is 23.1 Å². The number of anilines is 1. The van der Waals surface area contributed by atoms with Gasteiger partial charge >= 0.3 is 0 Å². The van der Waals surface area contributed by atoms with Crippen molar-refractivity contribution in [2.45, 2.75) is 15.6 Å². The van der Waals surface area contributed by atoms with Crippen LogP contribution in [0.1, 0.15) is 5.56 Å². The Morgan fingerprint density at radius 2 is 1.95 bits per heavy atom. The Kier molecular flexibility index (Phi) is 4.74. The molecule has 0 aliphatic carbocycles. The molecule has 0 saturated heterocycles. The number of nitrogens with two attached hydrogens (primary N) is 1. The molecule has 0 unspecified atom stereocenters. The van der Waals surface area contributed by atoms with Crippen molar-refractivity contribution in [1.29, 1.82) is 0 Å². The molecule has 0 aliphatic heterocycles. The summed E-state index contributed by atoms with van der Waals surface area (Å²) < 4.78 is 26.3. The van der Waals surface area contributed by atoms with Crippen molar-refractivity contribution in [3.63, 3.8) is 0 Å². The molecule has 2 rings (SSSR count). The highest BCUT2D eigenvalue weighted by Gasteiger charge is 2.22. The summed E-state index contributed by atoms with van der Waals surface area (Å²) in [4.78, 5) is 1.16. The number of hydrogen-bond acceptors (Lipinski definition) is 5. The lowest BCUT2D eigenvalue weighted by Gasteiger charge is -2.16. The van der Waals surface area contributed by atoms with Gasteiger partial charge in [-0.05, 0) is 30.0 Å². The highest BCUT2D eigenvalue weighted by atomic mass is 32.2. The zero-order valence-corrected chi connectivity index (χ0v) is 13.7. The van der Waals surface area contributed by atoms with E-state index in [1.165, 1.54) is 10.4 Å². The third-order valence-electron chi connectivity index (χ3n) is 2.82. The van der Waals surface area contributed by atoms with E-state index >= 15 is 0 Å². The normalized spacial score (nSPS) is 11.9. The van der Waals surface area contributed by atoms with E-state index in [9.17, 15) is 8.42 Å². The second-order valence-electron chi connectivity index (χ2n) is 4.31. The maximum atomic E-state index is 12.3. The Balaban J connectivity index is 2.16. The van der Waals surface area contributed by atoms with Crippen LogP contribution < -0.4 is 5.73 Å². The van der Waals surface area contributed by atoms with Crippen LogP contribution in [0.2, 0.25) is 0 Å². The predicted octanol–water partition coefficient (Wildman–Crippen LogP) is 2.87. The Morgan fingerprint density at radius 3 is 2.45 bits per heavy atom. The van der Waals surface area contributed by atoms with E-state index < -0.39 is 10.0 Å². The molecular weight excluding hydrogens is 312 g/mol. The van der Waals surface area contributed by atoms with E-state index in [0.717, 1.165) is 21.8 Å². The number of thioether (sulfide) groups is 1. The molecule has 1 heterocycles. The van der Waals surface area contributed by atoms with Crippen molar-refractivity contribution in [3.05, 3.63) is 41.3 Å². The Bertz CT molecular complexity index is 678. The van der Waals surface area contributed by atoms with Gasteiger partial charge in [0.1, 0.15) is 4.21 Å². The van der Waals surface area contributed by atoms with Crippen LogP contribution in [0.3, 0.4) is 0 Å². The largest absolute Gasteiger partial charge is 0.398 e. The fourth-order valence-corrected chi connectivity index (χ4v) is 4.55. The predicted molar refractivity (Wildman–Crippen MR) is 85.6 cm³/mol. The van der Waals surface area contributed by atoms with Crippen LogP contribution in [-0.2, 0) is 16.6 Å². The first-order valence-corrected chi connectivity index (χ1v) is 9.41. The van der Waals surface area contributed by atoms with Crippen LogP contribution in [0.4, 0.5) is 5.69 Å². The molecule has 2 N–H and O–H groups in total. The summed E-state index contributed by atoms with van der Waals surface area (Å²) in [7, 11) is -1.89. The highest BCUT2D eigenvalue weighted by molar-refractivity contribution is 7.98. The first-order chi connectivity index (χ1) is 9.43. The van der Waals surface area contributed by atoms with Crippen molar-refractivity contribution >= 4 is 38.8 Å². The second-order valence-corrected chi connectivity index (χ2v) is 8.37. The van der Waals surface area contributed by atoms with Gasteiger partial charge < -0.3 is 5.73 Å². The zero-order chi connectivity index (χ0) is 14.8. The minimum atomic E-state index is -3.47. The minimum absolute atomic E-state index is 0.276. The summed E-state index contributed by atoms with van der Waals surface area (Å²) in [6, 6.07) is 9.36. The van der Waals surface area contributed by atoms with Crippen LogP contribution in [0.5, 0.6) is 0 Å². The average molecular weight is 328 g/mol. The Labute approximate surface area is 127 Å². The van der Waals surface area contributed by atoms with Crippen LogP contribution in [0, 0.1) is 0 Å². The van der Waals surface area contributed by atoms with Crippen molar-refractivity contribution in [2.24, 2.45) is 0 Å². The number of rotatable bonds is 5. The molecule has 108 valence electrons. The molecule has 0 saturated carbocycles. The summed E-state index contributed by atoms with van der Waals surface area (Å²) in [5.41, 5.74) is 7.02. The van der Waals surface area contributed by atoms with E-state index in [4.69, 9.17) is 5.73 Å². The fraction of sp³-hybridized carbons (Fsp3) is 0.231. The smallest absolute Gasteiger partial charge is 0.252 e. The topological polar surface area (TPSA) is 63.4 Å². The molecule has 0 spiro atoms.